The Labute approximate surface area is 156 Å². The number of alkyl halides is 2. The predicted octanol–water partition coefficient (Wildman–Crippen LogP) is 5.50. The highest BCUT2D eigenvalue weighted by Gasteiger charge is 2.08. The molecular weight excluding hydrogens is 448 g/mol. The van der Waals surface area contributed by atoms with Gasteiger partial charge in [0.25, 0.3) is 0 Å². The zero-order chi connectivity index (χ0) is 17.5. The van der Waals surface area contributed by atoms with Gasteiger partial charge in [0.15, 0.2) is 0 Å². The van der Waals surface area contributed by atoms with Gasteiger partial charge in [-0.05, 0) is 74.2 Å². The summed E-state index contributed by atoms with van der Waals surface area (Å²) in [6, 6.07) is 10.6. The van der Waals surface area contributed by atoms with Gasteiger partial charge in [-0.25, -0.2) is 0 Å². The molecule has 24 heavy (non-hydrogen) atoms. The van der Waals surface area contributed by atoms with Gasteiger partial charge in [0.1, 0.15) is 11.5 Å². The molecule has 0 bridgehead atoms. The minimum Gasteiger partial charge on any atom is -0.492 e. The van der Waals surface area contributed by atoms with Crippen LogP contribution in [0.25, 0.3) is 0 Å². The fourth-order valence-electron chi connectivity index (χ4n) is 2.14. The first-order valence-electron chi connectivity index (χ1n) is 7.34. The summed E-state index contributed by atoms with van der Waals surface area (Å²) in [5.41, 5.74) is 2.08. The molecule has 0 aliphatic rings. The van der Waals surface area contributed by atoms with Crippen LogP contribution in [0.5, 0.6) is 11.5 Å². The van der Waals surface area contributed by atoms with E-state index in [0.717, 1.165) is 25.8 Å². The maximum atomic E-state index is 12.1. The van der Waals surface area contributed by atoms with E-state index in [0.29, 0.717) is 19.7 Å². The Balaban J connectivity index is 1.90. The standard InChI is InChI=1S/C17H17Br2F2NO2/c1-2-23-16-14(18)7-12(8-15(16)19)10-22-9-11-3-5-13(6-4-11)24-17(20)21/h3-8,17,22H,2,9-10H2,1H3. The number of halogens is 4. The Kier molecular flexibility index (Phi) is 7.45. The van der Waals surface area contributed by atoms with Gasteiger partial charge < -0.3 is 14.8 Å². The number of rotatable bonds is 8. The van der Waals surface area contributed by atoms with E-state index in [4.69, 9.17) is 4.74 Å². The highest BCUT2D eigenvalue weighted by atomic mass is 79.9. The molecule has 2 rings (SSSR count). The molecule has 1 N–H and O–H groups in total. The number of nitrogens with one attached hydrogen (secondary N) is 1. The Bertz CT molecular complexity index is 643. The summed E-state index contributed by atoms with van der Waals surface area (Å²) < 4.78 is 35.9. The second-order valence-corrected chi connectivity index (χ2v) is 6.66. The molecule has 2 aromatic rings. The van der Waals surface area contributed by atoms with Gasteiger partial charge >= 0.3 is 6.61 Å². The lowest BCUT2D eigenvalue weighted by Gasteiger charge is -2.12. The summed E-state index contributed by atoms with van der Waals surface area (Å²) in [6.45, 7) is 1.02. The van der Waals surface area contributed by atoms with E-state index in [2.05, 4.69) is 41.9 Å². The summed E-state index contributed by atoms with van der Waals surface area (Å²) >= 11 is 7.01. The molecule has 0 heterocycles. The van der Waals surface area contributed by atoms with Crippen LogP contribution >= 0.6 is 31.9 Å². The summed E-state index contributed by atoms with van der Waals surface area (Å²) in [4.78, 5) is 0. The molecular formula is C17H17Br2F2NO2. The average Bonchev–Trinajstić information content (AvgIpc) is 2.52. The van der Waals surface area contributed by atoms with E-state index in [1.165, 1.54) is 12.1 Å². The maximum absolute atomic E-state index is 12.1. The Morgan fingerprint density at radius 3 is 2.12 bits per heavy atom. The molecule has 2 aromatic carbocycles. The first-order chi connectivity index (χ1) is 11.5. The third-order valence-electron chi connectivity index (χ3n) is 3.15. The van der Waals surface area contributed by atoms with Gasteiger partial charge in [-0.1, -0.05) is 12.1 Å². The molecule has 3 nitrogen and oxygen atoms in total. The Hall–Kier alpha value is -1.18. The van der Waals surface area contributed by atoms with Crippen molar-refractivity contribution in [2.24, 2.45) is 0 Å². The second kappa shape index (κ2) is 9.34. The largest absolute Gasteiger partial charge is 0.492 e. The quantitative estimate of drug-likeness (QED) is 0.559. The molecule has 0 saturated carbocycles. The molecule has 0 spiro atoms. The Morgan fingerprint density at radius 2 is 1.58 bits per heavy atom. The Morgan fingerprint density at radius 1 is 1.00 bits per heavy atom. The molecule has 0 fully saturated rings. The van der Waals surface area contributed by atoms with Crippen LogP contribution in [-0.2, 0) is 13.1 Å². The minimum absolute atomic E-state index is 0.160. The molecule has 0 aliphatic carbocycles. The van der Waals surface area contributed by atoms with Gasteiger partial charge in [0.05, 0.1) is 15.6 Å². The van der Waals surface area contributed by atoms with Gasteiger partial charge in [-0.2, -0.15) is 8.78 Å². The van der Waals surface area contributed by atoms with Crippen molar-refractivity contribution in [2.75, 3.05) is 6.61 Å². The van der Waals surface area contributed by atoms with Gasteiger partial charge in [0, 0.05) is 13.1 Å². The van der Waals surface area contributed by atoms with Crippen LogP contribution in [0.3, 0.4) is 0 Å². The average molecular weight is 465 g/mol. The molecule has 0 aromatic heterocycles. The van der Waals surface area contributed by atoms with E-state index in [9.17, 15) is 8.78 Å². The van der Waals surface area contributed by atoms with Crippen LogP contribution in [-0.4, -0.2) is 13.2 Å². The third kappa shape index (κ3) is 5.72. The van der Waals surface area contributed by atoms with Gasteiger partial charge in [-0.3, -0.25) is 0 Å². The first-order valence-corrected chi connectivity index (χ1v) is 8.93. The van der Waals surface area contributed by atoms with Crippen LogP contribution in [0, 0.1) is 0 Å². The summed E-state index contributed by atoms with van der Waals surface area (Å²) in [6.07, 6.45) is 0. The maximum Gasteiger partial charge on any atom is 0.387 e. The van der Waals surface area contributed by atoms with Crippen LogP contribution < -0.4 is 14.8 Å². The van der Waals surface area contributed by atoms with Gasteiger partial charge in [-0.15, -0.1) is 0 Å². The van der Waals surface area contributed by atoms with Crippen LogP contribution in [0.15, 0.2) is 45.3 Å². The van der Waals surface area contributed by atoms with Gasteiger partial charge in [0.2, 0.25) is 0 Å². The van der Waals surface area contributed by atoms with E-state index in [1.54, 1.807) is 12.1 Å². The number of benzene rings is 2. The molecule has 0 saturated heterocycles. The molecule has 0 atom stereocenters. The SMILES string of the molecule is CCOc1c(Br)cc(CNCc2ccc(OC(F)F)cc2)cc1Br. The molecule has 130 valence electrons. The van der Waals surface area contributed by atoms with Crippen molar-refractivity contribution >= 4 is 31.9 Å². The lowest BCUT2D eigenvalue weighted by molar-refractivity contribution is -0.0498. The number of ether oxygens (including phenoxy) is 2. The zero-order valence-electron chi connectivity index (χ0n) is 13.0. The van der Waals surface area contributed by atoms with Crippen LogP contribution in [0.2, 0.25) is 0 Å². The zero-order valence-corrected chi connectivity index (χ0v) is 16.2. The highest BCUT2D eigenvalue weighted by molar-refractivity contribution is 9.11. The monoisotopic (exact) mass is 463 g/mol. The van der Waals surface area contributed by atoms with E-state index >= 15 is 0 Å². The topological polar surface area (TPSA) is 30.5 Å². The fraction of sp³-hybridized carbons (Fsp3) is 0.294. The third-order valence-corrected chi connectivity index (χ3v) is 4.33. The van der Waals surface area contributed by atoms with Crippen molar-refractivity contribution in [1.82, 2.24) is 5.32 Å². The number of hydrogen-bond donors (Lipinski definition) is 1. The summed E-state index contributed by atoms with van der Waals surface area (Å²) in [5, 5.41) is 3.31. The second-order valence-electron chi connectivity index (χ2n) is 4.95. The van der Waals surface area contributed by atoms with Crippen molar-refractivity contribution in [2.45, 2.75) is 26.6 Å². The van der Waals surface area contributed by atoms with E-state index in [1.807, 2.05) is 19.1 Å². The van der Waals surface area contributed by atoms with Crippen LogP contribution in [0.4, 0.5) is 8.78 Å². The smallest absolute Gasteiger partial charge is 0.387 e. The molecule has 0 radical (unpaired) electrons. The highest BCUT2D eigenvalue weighted by Crippen LogP contribution is 2.34. The van der Waals surface area contributed by atoms with Crippen molar-refractivity contribution < 1.29 is 18.3 Å². The van der Waals surface area contributed by atoms with Crippen molar-refractivity contribution in [3.8, 4) is 11.5 Å². The predicted molar refractivity (Wildman–Crippen MR) is 96.6 cm³/mol. The van der Waals surface area contributed by atoms with E-state index < -0.39 is 6.61 Å². The van der Waals surface area contributed by atoms with Crippen molar-refractivity contribution in [3.05, 3.63) is 56.5 Å². The molecule has 7 heteroatoms. The van der Waals surface area contributed by atoms with E-state index in [-0.39, 0.29) is 5.75 Å². The molecule has 0 amide bonds. The van der Waals surface area contributed by atoms with Crippen molar-refractivity contribution in [3.63, 3.8) is 0 Å². The summed E-state index contributed by atoms with van der Waals surface area (Å²) in [7, 11) is 0. The van der Waals surface area contributed by atoms with Crippen molar-refractivity contribution in [1.29, 1.82) is 0 Å². The fourth-order valence-corrected chi connectivity index (χ4v) is 3.65. The molecule has 0 unspecified atom stereocenters. The summed E-state index contributed by atoms with van der Waals surface area (Å²) in [5.74, 6) is 0.948. The first kappa shape index (κ1) is 19.1. The lowest BCUT2D eigenvalue weighted by atomic mass is 10.2. The van der Waals surface area contributed by atoms with Crippen LogP contribution in [0.1, 0.15) is 18.1 Å². The lowest BCUT2D eigenvalue weighted by Crippen LogP contribution is -2.13. The normalized spacial score (nSPS) is 10.9. The molecule has 0 aliphatic heterocycles. The number of hydrogen-bond acceptors (Lipinski definition) is 3. The minimum atomic E-state index is -2.80.